The van der Waals surface area contributed by atoms with Crippen molar-refractivity contribution in [2.24, 2.45) is 11.8 Å². The molecule has 0 aliphatic carbocycles. The van der Waals surface area contributed by atoms with Gasteiger partial charge in [0.1, 0.15) is 0 Å². The lowest BCUT2D eigenvalue weighted by Gasteiger charge is -2.35. The average Bonchev–Trinajstić information content (AvgIpc) is 2.27. The number of hydrogen-bond acceptors (Lipinski definition) is 2. The molecule has 1 saturated heterocycles. The summed E-state index contributed by atoms with van der Waals surface area (Å²) in [6.07, 6.45) is 4.09. The Hall–Kier alpha value is -0.0800. The molecule has 0 radical (unpaired) electrons. The summed E-state index contributed by atoms with van der Waals surface area (Å²) < 4.78 is 0. The smallest absolute Gasteiger partial charge is 0.0220 e. The quantitative estimate of drug-likeness (QED) is 0.749. The van der Waals surface area contributed by atoms with E-state index < -0.39 is 0 Å². The first-order valence-electron chi connectivity index (χ1n) is 7.13. The van der Waals surface area contributed by atoms with Crippen LogP contribution in [0.3, 0.4) is 0 Å². The van der Waals surface area contributed by atoms with E-state index in [1.807, 2.05) is 0 Å². The van der Waals surface area contributed by atoms with E-state index in [1.165, 1.54) is 38.9 Å². The largest absolute Gasteiger partial charge is 0.313 e. The second-order valence-corrected chi connectivity index (χ2v) is 5.56. The van der Waals surface area contributed by atoms with Gasteiger partial charge in [0.15, 0.2) is 0 Å². The Kier molecular flexibility index (Phi) is 6.37. The predicted molar refractivity (Wildman–Crippen MR) is 71.8 cm³/mol. The number of nitrogens with one attached hydrogen (secondary N) is 1. The minimum absolute atomic E-state index is 0.681. The highest BCUT2D eigenvalue weighted by Crippen LogP contribution is 2.17. The van der Waals surface area contributed by atoms with Crippen LogP contribution in [0.2, 0.25) is 0 Å². The zero-order valence-corrected chi connectivity index (χ0v) is 11.6. The number of piperidine rings is 1. The second kappa shape index (κ2) is 7.29. The molecule has 96 valence electrons. The van der Waals surface area contributed by atoms with Gasteiger partial charge in [-0.1, -0.05) is 34.1 Å². The first kappa shape index (κ1) is 14.0. The van der Waals surface area contributed by atoms with Gasteiger partial charge in [0.05, 0.1) is 0 Å². The Morgan fingerprint density at radius 1 is 1.38 bits per heavy atom. The van der Waals surface area contributed by atoms with Gasteiger partial charge >= 0.3 is 0 Å². The lowest BCUT2D eigenvalue weighted by Crippen LogP contribution is -2.47. The van der Waals surface area contributed by atoms with Gasteiger partial charge in [-0.05, 0) is 37.8 Å². The molecule has 3 atom stereocenters. The van der Waals surface area contributed by atoms with Crippen molar-refractivity contribution in [3.8, 4) is 0 Å². The summed E-state index contributed by atoms with van der Waals surface area (Å²) in [5, 5.41) is 3.65. The average molecular weight is 226 g/mol. The van der Waals surface area contributed by atoms with Crippen molar-refractivity contribution in [1.82, 2.24) is 10.2 Å². The molecule has 0 saturated carbocycles. The summed E-state index contributed by atoms with van der Waals surface area (Å²) in [5.41, 5.74) is 0. The van der Waals surface area contributed by atoms with Crippen LogP contribution in [-0.4, -0.2) is 37.1 Å². The summed E-state index contributed by atoms with van der Waals surface area (Å²) in [5.74, 6) is 1.69. The van der Waals surface area contributed by atoms with E-state index in [-0.39, 0.29) is 0 Å². The van der Waals surface area contributed by atoms with Crippen molar-refractivity contribution >= 4 is 0 Å². The molecule has 0 spiro atoms. The number of hydrogen-bond donors (Lipinski definition) is 1. The van der Waals surface area contributed by atoms with Crippen molar-refractivity contribution in [2.75, 3.05) is 26.2 Å². The number of nitrogens with zero attached hydrogens (tertiary/aromatic N) is 1. The van der Waals surface area contributed by atoms with Gasteiger partial charge in [-0.25, -0.2) is 0 Å². The van der Waals surface area contributed by atoms with Crippen molar-refractivity contribution < 1.29 is 0 Å². The van der Waals surface area contributed by atoms with Crippen molar-refractivity contribution in [2.45, 2.75) is 53.0 Å². The zero-order valence-electron chi connectivity index (χ0n) is 11.6. The maximum atomic E-state index is 3.65. The number of likely N-dealkylation sites (N-methyl/N-ethyl adjacent to an activating group) is 1. The first-order valence-corrected chi connectivity index (χ1v) is 7.13. The lowest BCUT2D eigenvalue weighted by atomic mass is 9.95. The van der Waals surface area contributed by atoms with Gasteiger partial charge in [-0.15, -0.1) is 0 Å². The second-order valence-electron chi connectivity index (χ2n) is 5.56. The molecule has 1 rings (SSSR count). The summed E-state index contributed by atoms with van der Waals surface area (Å²) >= 11 is 0. The van der Waals surface area contributed by atoms with Crippen LogP contribution in [0.1, 0.15) is 47.0 Å². The Morgan fingerprint density at radius 3 is 2.69 bits per heavy atom. The Labute approximate surface area is 102 Å². The van der Waals surface area contributed by atoms with E-state index >= 15 is 0 Å². The van der Waals surface area contributed by atoms with Crippen LogP contribution in [0, 0.1) is 11.8 Å². The third-order valence-corrected chi connectivity index (χ3v) is 3.99. The molecule has 1 aliphatic heterocycles. The molecular formula is C14H30N2. The first-order chi connectivity index (χ1) is 7.67. The van der Waals surface area contributed by atoms with Crippen LogP contribution in [0.25, 0.3) is 0 Å². The maximum absolute atomic E-state index is 3.65. The summed E-state index contributed by atoms with van der Waals surface area (Å²) in [7, 11) is 0. The Balaban J connectivity index is 2.40. The fraction of sp³-hybridized carbons (Fsp3) is 1.00. The summed E-state index contributed by atoms with van der Waals surface area (Å²) in [4.78, 5) is 2.66. The van der Waals surface area contributed by atoms with Gasteiger partial charge in [0, 0.05) is 19.1 Å². The lowest BCUT2D eigenvalue weighted by molar-refractivity contribution is 0.152. The molecule has 2 heteroatoms. The highest BCUT2D eigenvalue weighted by atomic mass is 15.2. The predicted octanol–water partition coefficient (Wildman–Crippen LogP) is 2.74. The van der Waals surface area contributed by atoms with Crippen LogP contribution in [-0.2, 0) is 0 Å². The maximum Gasteiger partial charge on any atom is 0.0220 e. The van der Waals surface area contributed by atoms with Crippen LogP contribution < -0.4 is 5.32 Å². The minimum atomic E-state index is 0.681. The molecule has 0 bridgehead atoms. The van der Waals surface area contributed by atoms with Gasteiger partial charge in [0.2, 0.25) is 0 Å². The molecule has 0 aromatic carbocycles. The Bertz CT molecular complexity index is 182. The van der Waals surface area contributed by atoms with Crippen LogP contribution in [0.15, 0.2) is 0 Å². The Morgan fingerprint density at radius 2 is 2.12 bits per heavy atom. The molecule has 0 aromatic heterocycles. The molecule has 1 N–H and O–H groups in total. The van der Waals surface area contributed by atoms with E-state index in [0.29, 0.717) is 6.04 Å². The van der Waals surface area contributed by atoms with Gasteiger partial charge < -0.3 is 10.2 Å². The normalized spacial score (nSPS) is 26.6. The highest BCUT2D eigenvalue weighted by molar-refractivity contribution is 4.79. The molecule has 1 aliphatic rings. The fourth-order valence-corrected chi connectivity index (χ4v) is 2.72. The minimum Gasteiger partial charge on any atom is -0.313 e. The highest BCUT2D eigenvalue weighted by Gasteiger charge is 2.22. The monoisotopic (exact) mass is 226 g/mol. The molecule has 0 amide bonds. The van der Waals surface area contributed by atoms with Gasteiger partial charge in [-0.2, -0.15) is 0 Å². The van der Waals surface area contributed by atoms with E-state index in [1.54, 1.807) is 0 Å². The molecule has 16 heavy (non-hydrogen) atoms. The molecular weight excluding hydrogens is 196 g/mol. The van der Waals surface area contributed by atoms with E-state index in [2.05, 4.69) is 37.9 Å². The number of rotatable bonds is 6. The SMILES string of the molecule is CCNC(CN1CCCC(C)C1)C(C)CC. The van der Waals surface area contributed by atoms with E-state index in [9.17, 15) is 0 Å². The van der Waals surface area contributed by atoms with Crippen molar-refractivity contribution in [3.05, 3.63) is 0 Å². The standard InChI is InChI=1S/C14H30N2/c1-5-13(4)14(15-6-2)11-16-9-7-8-12(3)10-16/h12-15H,5-11H2,1-4H3. The molecule has 2 nitrogen and oxygen atoms in total. The fourth-order valence-electron chi connectivity index (χ4n) is 2.72. The molecule has 0 aromatic rings. The van der Waals surface area contributed by atoms with Gasteiger partial charge in [0.25, 0.3) is 0 Å². The van der Waals surface area contributed by atoms with Crippen molar-refractivity contribution in [1.29, 1.82) is 0 Å². The summed E-state index contributed by atoms with van der Waals surface area (Å²) in [6.45, 7) is 14.2. The topological polar surface area (TPSA) is 15.3 Å². The van der Waals surface area contributed by atoms with Crippen molar-refractivity contribution in [3.63, 3.8) is 0 Å². The van der Waals surface area contributed by atoms with Crippen LogP contribution in [0.5, 0.6) is 0 Å². The number of likely N-dealkylation sites (tertiary alicyclic amines) is 1. The molecule has 1 fully saturated rings. The molecule has 1 heterocycles. The van der Waals surface area contributed by atoms with Gasteiger partial charge in [-0.3, -0.25) is 0 Å². The third kappa shape index (κ3) is 4.42. The molecule has 3 unspecified atom stereocenters. The van der Waals surface area contributed by atoms with E-state index in [4.69, 9.17) is 0 Å². The third-order valence-electron chi connectivity index (χ3n) is 3.99. The van der Waals surface area contributed by atoms with Crippen LogP contribution in [0.4, 0.5) is 0 Å². The zero-order chi connectivity index (χ0) is 12.0. The van der Waals surface area contributed by atoms with E-state index in [0.717, 1.165) is 18.4 Å². The summed E-state index contributed by atoms with van der Waals surface area (Å²) in [6, 6.07) is 0.681. The van der Waals surface area contributed by atoms with Crippen LogP contribution >= 0.6 is 0 Å².